The molecular weight excluding hydrogens is 150 g/mol. The van der Waals surface area contributed by atoms with Crippen LogP contribution in [0.1, 0.15) is 0 Å². The van der Waals surface area contributed by atoms with E-state index in [4.69, 9.17) is 0 Å². The maximum atomic E-state index is 3.38. The molecule has 0 aromatic carbocycles. The van der Waals surface area contributed by atoms with Gasteiger partial charge in [0.15, 0.2) is 0 Å². The van der Waals surface area contributed by atoms with Crippen LogP contribution in [0.5, 0.6) is 0 Å². The average Bonchev–Trinajstić information content (AvgIpc) is 1.85. The Kier molecular flexibility index (Phi) is 2.55. The SMILES string of the molecule is C[Si](C)(C)CC1=CC=CCN1. The topological polar surface area (TPSA) is 12.0 Å². The van der Waals surface area contributed by atoms with Crippen molar-refractivity contribution < 1.29 is 0 Å². The summed E-state index contributed by atoms with van der Waals surface area (Å²) in [4.78, 5) is 0. The molecule has 0 atom stereocenters. The van der Waals surface area contributed by atoms with Crippen molar-refractivity contribution in [2.45, 2.75) is 25.7 Å². The Hall–Kier alpha value is -0.503. The van der Waals surface area contributed by atoms with Gasteiger partial charge in [0, 0.05) is 12.2 Å². The Bertz CT molecular complexity index is 186. The van der Waals surface area contributed by atoms with Crippen molar-refractivity contribution in [3.63, 3.8) is 0 Å². The molecule has 11 heavy (non-hydrogen) atoms. The predicted molar refractivity (Wildman–Crippen MR) is 53.4 cm³/mol. The fraction of sp³-hybridized carbons (Fsp3) is 0.556. The molecule has 1 heterocycles. The maximum absolute atomic E-state index is 3.38. The third-order valence-electron chi connectivity index (χ3n) is 1.60. The highest BCUT2D eigenvalue weighted by Crippen LogP contribution is 2.15. The van der Waals surface area contributed by atoms with Gasteiger partial charge in [0.05, 0.1) is 8.07 Å². The van der Waals surface area contributed by atoms with Gasteiger partial charge in [-0.3, -0.25) is 0 Å². The molecule has 1 rings (SSSR count). The van der Waals surface area contributed by atoms with E-state index in [2.05, 4.69) is 43.2 Å². The van der Waals surface area contributed by atoms with Gasteiger partial charge in [-0.15, -0.1) is 0 Å². The molecular formula is C9H17NSi. The van der Waals surface area contributed by atoms with Crippen molar-refractivity contribution in [1.29, 1.82) is 0 Å². The van der Waals surface area contributed by atoms with Crippen LogP contribution in [0.4, 0.5) is 0 Å². The fourth-order valence-corrected chi connectivity index (χ4v) is 2.58. The lowest BCUT2D eigenvalue weighted by Crippen LogP contribution is -2.26. The maximum Gasteiger partial charge on any atom is 0.0505 e. The molecule has 1 nitrogen and oxygen atoms in total. The molecule has 1 aliphatic rings. The quantitative estimate of drug-likeness (QED) is 0.623. The normalized spacial score (nSPS) is 17.5. The molecule has 0 bridgehead atoms. The zero-order valence-electron chi connectivity index (χ0n) is 7.65. The highest BCUT2D eigenvalue weighted by molar-refractivity contribution is 6.76. The largest absolute Gasteiger partial charge is 0.385 e. The minimum absolute atomic E-state index is 0.909. The van der Waals surface area contributed by atoms with Crippen molar-refractivity contribution in [1.82, 2.24) is 5.32 Å². The highest BCUT2D eigenvalue weighted by Gasteiger charge is 2.15. The van der Waals surface area contributed by atoms with Gasteiger partial charge in [-0.25, -0.2) is 0 Å². The number of dihydropyridines is 1. The van der Waals surface area contributed by atoms with Crippen LogP contribution in [-0.4, -0.2) is 14.6 Å². The second-order valence-electron chi connectivity index (χ2n) is 4.24. The molecule has 0 radical (unpaired) electrons. The Morgan fingerprint density at radius 3 is 2.64 bits per heavy atom. The van der Waals surface area contributed by atoms with Gasteiger partial charge in [0.1, 0.15) is 0 Å². The van der Waals surface area contributed by atoms with E-state index in [9.17, 15) is 0 Å². The molecule has 2 heteroatoms. The van der Waals surface area contributed by atoms with Crippen LogP contribution in [0, 0.1) is 0 Å². The molecule has 1 aliphatic heterocycles. The van der Waals surface area contributed by atoms with E-state index in [0.717, 1.165) is 6.54 Å². The number of hydrogen-bond donors (Lipinski definition) is 1. The molecule has 0 spiro atoms. The summed E-state index contributed by atoms with van der Waals surface area (Å²) in [5, 5.41) is 3.38. The van der Waals surface area contributed by atoms with Crippen molar-refractivity contribution >= 4 is 8.07 Å². The molecule has 62 valence electrons. The standard InChI is InChI=1S/C9H17NSi/c1-11(2,3)8-9-6-4-5-7-10-9/h4-6,10H,7-8H2,1-3H3. The number of hydrogen-bond acceptors (Lipinski definition) is 1. The van der Waals surface area contributed by atoms with E-state index in [0.29, 0.717) is 0 Å². The van der Waals surface area contributed by atoms with E-state index in [1.165, 1.54) is 11.7 Å². The second kappa shape index (κ2) is 3.26. The Morgan fingerprint density at radius 1 is 1.45 bits per heavy atom. The van der Waals surface area contributed by atoms with Gasteiger partial charge >= 0.3 is 0 Å². The fourth-order valence-electron chi connectivity index (χ4n) is 1.19. The monoisotopic (exact) mass is 167 g/mol. The van der Waals surface area contributed by atoms with Crippen LogP contribution in [0.3, 0.4) is 0 Å². The minimum Gasteiger partial charge on any atom is -0.385 e. The first-order valence-corrected chi connectivity index (χ1v) is 7.88. The van der Waals surface area contributed by atoms with Gasteiger partial charge in [-0.1, -0.05) is 31.8 Å². The predicted octanol–water partition coefficient (Wildman–Crippen LogP) is 2.37. The molecule has 0 unspecified atom stereocenters. The first kappa shape index (κ1) is 8.59. The Balaban J connectivity index is 2.49. The van der Waals surface area contributed by atoms with Crippen molar-refractivity contribution in [3.05, 3.63) is 23.9 Å². The first-order valence-electron chi connectivity index (χ1n) is 4.17. The van der Waals surface area contributed by atoms with Crippen LogP contribution in [-0.2, 0) is 0 Å². The molecule has 0 aliphatic carbocycles. The average molecular weight is 167 g/mol. The highest BCUT2D eigenvalue weighted by atomic mass is 28.3. The lowest BCUT2D eigenvalue weighted by atomic mass is 10.3. The Morgan fingerprint density at radius 2 is 2.18 bits per heavy atom. The smallest absolute Gasteiger partial charge is 0.0505 e. The van der Waals surface area contributed by atoms with E-state index in [1.807, 2.05) is 0 Å². The van der Waals surface area contributed by atoms with Gasteiger partial charge in [-0.05, 0) is 12.1 Å². The molecule has 0 amide bonds. The number of allylic oxidation sites excluding steroid dienone is 3. The third-order valence-corrected chi connectivity index (χ3v) is 3.04. The van der Waals surface area contributed by atoms with Gasteiger partial charge in [-0.2, -0.15) is 0 Å². The molecule has 0 saturated heterocycles. The Labute approximate surface area is 70.2 Å². The summed E-state index contributed by atoms with van der Waals surface area (Å²) >= 11 is 0. The van der Waals surface area contributed by atoms with Gasteiger partial charge < -0.3 is 5.32 Å². The van der Waals surface area contributed by atoms with E-state index < -0.39 is 8.07 Å². The first-order chi connectivity index (χ1) is 5.08. The van der Waals surface area contributed by atoms with Crippen LogP contribution in [0.2, 0.25) is 25.7 Å². The summed E-state index contributed by atoms with van der Waals surface area (Å²) in [5.74, 6) is 0. The van der Waals surface area contributed by atoms with Crippen LogP contribution in [0.25, 0.3) is 0 Å². The summed E-state index contributed by atoms with van der Waals surface area (Å²) in [6, 6.07) is 1.28. The van der Waals surface area contributed by atoms with Crippen molar-refractivity contribution in [3.8, 4) is 0 Å². The molecule has 0 fully saturated rings. The van der Waals surface area contributed by atoms with E-state index in [1.54, 1.807) is 0 Å². The molecule has 0 aromatic rings. The number of nitrogens with one attached hydrogen (secondary N) is 1. The summed E-state index contributed by atoms with van der Waals surface area (Å²) in [5.41, 5.74) is 1.42. The van der Waals surface area contributed by atoms with E-state index >= 15 is 0 Å². The molecule has 0 saturated carbocycles. The van der Waals surface area contributed by atoms with Crippen molar-refractivity contribution in [2.24, 2.45) is 0 Å². The zero-order valence-corrected chi connectivity index (χ0v) is 8.65. The van der Waals surface area contributed by atoms with Crippen LogP contribution >= 0.6 is 0 Å². The lowest BCUT2D eigenvalue weighted by Gasteiger charge is -2.20. The summed E-state index contributed by atoms with van der Waals surface area (Å²) in [6.07, 6.45) is 6.49. The van der Waals surface area contributed by atoms with Crippen LogP contribution < -0.4 is 5.32 Å². The third kappa shape index (κ3) is 3.42. The molecule has 0 aromatic heterocycles. The summed E-state index contributed by atoms with van der Waals surface area (Å²) < 4.78 is 0. The molecule has 1 N–H and O–H groups in total. The zero-order chi connectivity index (χ0) is 8.32. The second-order valence-corrected chi connectivity index (χ2v) is 9.71. The van der Waals surface area contributed by atoms with Crippen molar-refractivity contribution in [2.75, 3.05) is 6.54 Å². The number of rotatable bonds is 2. The minimum atomic E-state index is -0.909. The van der Waals surface area contributed by atoms with Crippen LogP contribution in [0.15, 0.2) is 23.9 Å². The van der Waals surface area contributed by atoms with E-state index in [-0.39, 0.29) is 0 Å². The summed E-state index contributed by atoms with van der Waals surface area (Å²) in [7, 11) is -0.909. The summed E-state index contributed by atoms with van der Waals surface area (Å²) in [6.45, 7) is 8.20. The van der Waals surface area contributed by atoms with Gasteiger partial charge in [0.2, 0.25) is 0 Å². The lowest BCUT2D eigenvalue weighted by molar-refractivity contribution is 0.883. The van der Waals surface area contributed by atoms with Gasteiger partial charge in [0.25, 0.3) is 0 Å².